The molecule has 1 aliphatic rings. The lowest BCUT2D eigenvalue weighted by atomic mass is 10.0. The van der Waals surface area contributed by atoms with Crippen molar-refractivity contribution in [3.63, 3.8) is 0 Å². The number of carbonyl (C=O) groups excluding carboxylic acids is 2. The maximum absolute atomic E-state index is 13.3. The number of carbonyl (C=O) groups is 2. The Bertz CT molecular complexity index is 1310. The molecule has 0 spiro atoms. The van der Waals surface area contributed by atoms with E-state index in [0.29, 0.717) is 30.8 Å². The van der Waals surface area contributed by atoms with Crippen LogP contribution in [-0.2, 0) is 16.0 Å². The van der Waals surface area contributed by atoms with Crippen LogP contribution in [0.3, 0.4) is 0 Å². The Kier molecular flexibility index (Phi) is 7.76. The predicted molar refractivity (Wildman–Crippen MR) is 140 cm³/mol. The lowest BCUT2D eigenvalue weighted by Gasteiger charge is -2.24. The quantitative estimate of drug-likeness (QED) is 0.450. The van der Waals surface area contributed by atoms with Gasteiger partial charge in [0.25, 0.3) is 5.91 Å². The number of hydrogen-bond donors (Lipinski definition) is 2. The molecule has 0 radical (unpaired) electrons. The van der Waals surface area contributed by atoms with Crippen LogP contribution in [-0.4, -0.2) is 22.7 Å². The van der Waals surface area contributed by atoms with Gasteiger partial charge in [-0.2, -0.15) is 5.26 Å². The Morgan fingerprint density at radius 3 is 2.53 bits per heavy atom. The van der Waals surface area contributed by atoms with Crippen LogP contribution in [0.2, 0.25) is 0 Å². The molecule has 0 aromatic heterocycles. The van der Waals surface area contributed by atoms with Gasteiger partial charge in [-0.15, -0.1) is 0 Å². The number of aryl methyl sites for hydroxylation is 2. The molecule has 2 N–H and O–H groups in total. The van der Waals surface area contributed by atoms with Crippen molar-refractivity contribution < 1.29 is 9.59 Å². The average Bonchev–Trinajstić information content (AvgIpc) is 3.30. The number of hydrazine groups is 1. The smallest absolute Gasteiger partial charge is 0.250 e. The first-order chi connectivity index (χ1) is 17.4. The van der Waals surface area contributed by atoms with Gasteiger partial charge in [-0.05, 0) is 55.2 Å². The number of anilines is 1. The van der Waals surface area contributed by atoms with Crippen molar-refractivity contribution in [2.45, 2.75) is 45.6 Å². The first-order valence-electron chi connectivity index (χ1n) is 12.0. The highest BCUT2D eigenvalue weighted by atomic mass is 16.2. The van der Waals surface area contributed by atoms with Gasteiger partial charge in [0.05, 0.1) is 17.8 Å². The average molecular weight is 480 g/mol. The lowest BCUT2D eigenvalue weighted by molar-refractivity contribution is -0.137. The van der Waals surface area contributed by atoms with E-state index >= 15 is 0 Å². The van der Waals surface area contributed by atoms with Crippen molar-refractivity contribution in [1.29, 1.82) is 5.26 Å². The molecule has 0 aliphatic carbocycles. The van der Waals surface area contributed by atoms with E-state index in [-0.39, 0.29) is 24.3 Å². The highest BCUT2D eigenvalue weighted by Crippen LogP contribution is 2.31. The molecule has 36 heavy (non-hydrogen) atoms. The Morgan fingerprint density at radius 2 is 1.81 bits per heavy atom. The zero-order valence-corrected chi connectivity index (χ0v) is 20.5. The van der Waals surface area contributed by atoms with Gasteiger partial charge in [-0.3, -0.25) is 15.0 Å². The Hall–Kier alpha value is -4.44. The molecule has 3 aromatic carbocycles. The molecule has 0 saturated carbocycles. The number of rotatable bonds is 7. The second-order valence-corrected chi connectivity index (χ2v) is 8.89. The van der Waals surface area contributed by atoms with Crippen LogP contribution in [0.4, 0.5) is 11.4 Å². The molecule has 1 heterocycles. The number of aliphatic imine (C=N–C) groups is 1. The van der Waals surface area contributed by atoms with Crippen LogP contribution in [0.25, 0.3) is 0 Å². The van der Waals surface area contributed by atoms with Gasteiger partial charge in [-0.1, -0.05) is 60.2 Å². The fourth-order valence-electron chi connectivity index (χ4n) is 4.29. The normalized spacial score (nSPS) is 15.9. The van der Waals surface area contributed by atoms with Gasteiger partial charge in [0.2, 0.25) is 5.91 Å². The standard InChI is InChI=1S/C29H29N5O2/c1-20-13-15-23(16-14-20)31-28(35)19-29(36)34-26(22-9-4-3-5-10-22)18-27(33-34)32-25-12-6-8-21(2)24(25)11-7-17-30/h3-6,8-10,12-16,26H,7,11,18-19H2,1-2H3,(H,31,35)(H,32,33). The number of hydrogen-bond acceptors (Lipinski definition) is 4. The topological polar surface area (TPSA) is 97.6 Å². The second kappa shape index (κ2) is 11.3. The molecule has 7 heteroatoms. The number of nitriles is 1. The molecule has 0 bridgehead atoms. The van der Waals surface area contributed by atoms with E-state index in [1.165, 1.54) is 5.01 Å². The molecule has 1 fully saturated rings. The van der Waals surface area contributed by atoms with Crippen molar-refractivity contribution in [2.75, 3.05) is 5.32 Å². The van der Waals surface area contributed by atoms with Crippen LogP contribution >= 0.6 is 0 Å². The molecule has 1 aliphatic heterocycles. The summed E-state index contributed by atoms with van der Waals surface area (Å²) in [5, 5.41) is 13.4. The molecular formula is C29H29N5O2. The van der Waals surface area contributed by atoms with E-state index in [1.54, 1.807) is 0 Å². The van der Waals surface area contributed by atoms with Crippen molar-refractivity contribution >= 4 is 29.0 Å². The molecule has 1 unspecified atom stereocenters. The molecule has 7 nitrogen and oxygen atoms in total. The van der Waals surface area contributed by atoms with Gasteiger partial charge < -0.3 is 5.32 Å². The zero-order chi connectivity index (χ0) is 25.5. The fourth-order valence-corrected chi connectivity index (χ4v) is 4.29. The SMILES string of the molecule is Cc1ccc(NC(=O)CC(=O)N2NC(=Nc3cccc(C)c3CCC#N)CC2c2ccccc2)cc1. The van der Waals surface area contributed by atoms with E-state index in [4.69, 9.17) is 10.3 Å². The van der Waals surface area contributed by atoms with E-state index in [1.807, 2.05) is 86.6 Å². The first-order valence-corrected chi connectivity index (χ1v) is 12.0. The van der Waals surface area contributed by atoms with Crippen molar-refractivity contribution in [1.82, 2.24) is 10.4 Å². The summed E-state index contributed by atoms with van der Waals surface area (Å²) in [6, 6.07) is 24.9. The molecule has 4 rings (SSSR count). The summed E-state index contributed by atoms with van der Waals surface area (Å²) in [6.07, 6.45) is 1.21. The fraction of sp³-hybridized carbons (Fsp3) is 0.241. The van der Waals surface area contributed by atoms with E-state index < -0.39 is 0 Å². The zero-order valence-electron chi connectivity index (χ0n) is 20.5. The van der Waals surface area contributed by atoms with Gasteiger partial charge in [-0.25, -0.2) is 10.0 Å². The van der Waals surface area contributed by atoms with Gasteiger partial charge in [0.15, 0.2) is 0 Å². The van der Waals surface area contributed by atoms with Gasteiger partial charge >= 0.3 is 0 Å². The minimum Gasteiger partial charge on any atom is -0.326 e. The monoisotopic (exact) mass is 479 g/mol. The minimum absolute atomic E-state index is 0.294. The highest BCUT2D eigenvalue weighted by Gasteiger charge is 2.34. The molecule has 182 valence electrons. The van der Waals surface area contributed by atoms with E-state index in [0.717, 1.165) is 27.9 Å². The number of amidine groups is 1. The van der Waals surface area contributed by atoms with Crippen molar-refractivity contribution in [2.24, 2.45) is 4.99 Å². The van der Waals surface area contributed by atoms with Crippen LogP contribution in [0, 0.1) is 25.2 Å². The second-order valence-electron chi connectivity index (χ2n) is 8.89. The lowest BCUT2D eigenvalue weighted by Crippen LogP contribution is -2.41. The Balaban J connectivity index is 1.56. The minimum atomic E-state index is -0.375. The van der Waals surface area contributed by atoms with E-state index in [2.05, 4.69) is 16.8 Å². The summed E-state index contributed by atoms with van der Waals surface area (Å²) < 4.78 is 0. The molecule has 1 saturated heterocycles. The molecule has 3 aromatic rings. The maximum atomic E-state index is 13.3. The summed E-state index contributed by atoms with van der Waals surface area (Å²) >= 11 is 0. The van der Waals surface area contributed by atoms with Crippen LogP contribution in [0.15, 0.2) is 77.8 Å². The van der Waals surface area contributed by atoms with Crippen LogP contribution in [0.1, 0.15) is 47.6 Å². The van der Waals surface area contributed by atoms with Crippen molar-refractivity contribution in [3.05, 3.63) is 95.1 Å². The first kappa shape index (κ1) is 24.7. The summed E-state index contributed by atoms with van der Waals surface area (Å²) in [7, 11) is 0. The third-order valence-electron chi connectivity index (χ3n) is 6.18. The molecule has 2 amide bonds. The van der Waals surface area contributed by atoms with Crippen molar-refractivity contribution in [3.8, 4) is 6.07 Å². The van der Waals surface area contributed by atoms with Gasteiger partial charge in [0, 0.05) is 18.5 Å². The maximum Gasteiger partial charge on any atom is 0.250 e. The Morgan fingerprint density at radius 1 is 1.06 bits per heavy atom. The third kappa shape index (κ3) is 5.97. The molecular weight excluding hydrogens is 450 g/mol. The predicted octanol–water partition coefficient (Wildman–Crippen LogP) is 5.30. The summed E-state index contributed by atoms with van der Waals surface area (Å²) in [5.41, 5.74) is 8.73. The molecule has 1 atom stereocenters. The number of benzene rings is 3. The number of nitrogens with one attached hydrogen (secondary N) is 2. The summed E-state index contributed by atoms with van der Waals surface area (Å²) in [5.74, 6) is -0.0760. The third-order valence-corrected chi connectivity index (χ3v) is 6.18. The number of nitrogens with zero attached hydrogens (tertiary/aromatic N) is 3. The highest BCUT2D eigenvalue weighted by molar-refractivity contribution is 6.04. The van der Waals surface area contributed by atoms with E-state index in [9.17, 15) is 9.59 Å². The van der Waals surface area contributed by atoms with Gasteiger partial charge in [0.1, 0.15) is 12.3 Å². The van der Waals surface area contributed by atoms with Crippen LogP contribution < -0.4 is 10.7 Å². The summed E-state index contributed by atoms with van der Waals surface area (Å²) in [4.78, 5) is 30.7. The number of amides is 2. The largest absolute Gasteiger partial charge is 0.326 e. The van der Waals surface area contributed by atoms with Crippen LogP contribution in [0.5, 0.6) is 0 Å². The Labute approximate surface area is 211 Å². The summed E-state index contributed by atoms with van der Waals surface area (Å²) in [6.45, 7) is 3.98.